The summed E-state index contributed by atoms with van der Waals surface area (Å²) in [5, 5.41) is 13.6. The van der Waals surface area contributed by atoms with Crippen molar-refractivity contribution in [2.45, 2.75) is 33.1 Å². The maximum Gasteiger partial charge on any atom is 0.360 e. The molecule has 0 spiro atoms. The highest BCUT2D eigenvalue weighted by atomic mass is 16.4. The summed E-state index contributed by atoms with van der Waals surface area (Å²) in [5.74, 6) is -1.82. The van der Waals surface area contributed by atoms with Crippen LogP contribution in [-0.2, 0) is 6.42 Å². The number of carboxylic acids is 1. The first-order valence-electron chi connectivity index (χ1n) is 9.46. The van der Waals surface area contributed by atoms with Gasteiger partial charge in [-0.1, -0.05) is 55.0 Å². The van der Waals surface area contributed by atoms with E-state index in [-0.39, 0.29) is 24.2 Å². The van der Waals surface area contributed by atoms with Gasteiger partial charge in [0, 0.05) is 12.8 Å². The van der Waals surface area contributed by atoms with Crippen LogP contribution in [-0.4, -0.2) is 26.6 Å². The molecule has 1 heterocycles. The maximum absolute atomic E-state index is 12.9. The Morgan fingerprint density at radius 3 is 2.28 bits per heavy atom. The summed E-state index contributed by atoms with van der Waals surface area (Å²) in [6, 6.07) is 16.7. The summed E-state index contributed by atoms with van der Waals surface area (Å²) in [5.41, 5.74) is 1.34. The lowest BCUT2D eigenvalue weighted by Gasteiger charge is -2.17. The van der Waals surface area contributed by atoms with E-state index in [0.717, 1.165) is 11.1 Å². The molecule has 0 fully saturated rings. The minimum Gasteiger partial charge on any atom is -0.476 e. The van der Waals surface area contributed by atoms with E-state index in [4.69, 9.17) is 0 Å². The molecule has 0 saturated carbocycles. The van der Waals surface area contributed by atoms with Gasteiger partial charge in [-0.3, -0.25) is 9.59 Å². The summed E-state index contributed by atoms with van der Waals surface area (Å²) >= 11 is 0. The number of ketones is 1. The summed E-state index contributed by atoms with van der Waals surface area (Å²) < 4.78 is 1.42. The molecule has 6 nitrogen and oxygen atoms in total. The van der Waals surface area contributed by atoms with E-state index in [0.29, 0.717) is 17.8 Å². The van der Waals surface area contributed by atoms with Crippen LogP contribution >= 0.6 is 0 Å². The highest BCUT2D eigenvalue weighted by Gasteiger charge is 2.26. The molecule has 0 aliphatic heterocycles. The van der Waals surface area contributed by atoms with Crippen molar-refractivity contribution in [1.82, 2.24) is 9.78 Å². The molecule has 1 aromatic heterocycles. The second-order valence-corrected chi connectivity index (χ2v) is 6.89. The Labute approximate surface area is 168 Å². The molecule has 0 aliphatic rings. The van der Waals surface area contributed by atoms with Gasteiger partial charge in [0.2, 0.25) is 11.1 Å². The van der Waals surface area contributed by atoms with Gasteiger partial charge in [0.05, 0.1) is 16.9 Å². The predicted octanol–water partition coefficient (Wildman–Crippen LogP) is 3.81. The zero-order valence-corrected chi connectivity index (χ0v) is 16.4. The third kappa shape index (κ3) is 4.32. The van der Waals surface area contributed by atoms with E-state index in [2.05, 4.69) is 5.10 Å². The average molecular weight is 390 g/mol. The lowest BCUT2D eigenvalue weighted by Crippen LogP contribution is -2.31. The number of nitrogens with zero attached hydrogens (tertiary/aromatic N) is 2. The molecule has 0 atom stereocenters. The molecular formula is C23H22N2O4. The summed E-state index contributed by atoms with van der Waals surface area (Å²) in [7, 11) is 0. The van der Waals surface area contributed by atoms with E-state index in [1.54, 1.807) is 12.1 Å². The number of aryl methyl sites for hydroxylation is 1. The monoisotopic (exact) mass is 390 g/mol. The van der Waals surface area contributed by atoms with Crippen LogP contribution in [0.5, 0.6) is 0 Å². The lowest BCUT2D eigenvalue weighted by atomic mass is 9.99. The van der Waals surface area contributed by atoms with Crippen molar-refractivity contribution >= 4 is 11.8 Å². The van der Waals surface area contributed by atoms with E-state index >= 15 is 0 Å². The molecule has 0 bridgehead atoms. The van der Waals surface area contributed by atoms with Crippen LogP contribution in [0.1, 0.15) is 57.4 Å². The Hall–Kier alpha value is -3.54. The highest BCUT2D eigenvalue weighted by Crippen LogP contribution is 2.19. The zero-order chi connectivity index (χ0) is 21.0. The molecule has 0 radical (unpaired) electrons. The lowest BCUT2D eigenvalue weighted by molar-refractivity contribution is 0.0686. The van der Waals surface area contributed by atoms with Gasteiger partial charge in [0.1, 0.15) is 0 Å². The zero-order valence-electron chi connectivity index (χ0n) is 16.4. The van der Waals surface area contributed by atoms with Gasteiger partial charge in [0.15, 0.2) is 5.78 Å². The number of hydrogen-bond donors (Lipinski definition) is 1. The van der Waals surface area contributed by atoms with Crippen molar-refractivity contribution in [1.29, 1.82) is 0 Å². The molecule has 2 aromatic carbocycles. The second kappa shape index (κ2) is 8.65. The van der Waals surface area contributed by atoms with Crippen molar-refractivity contribution < 1.29 is 14.7 Å². The van der Waals surface area contributed by atoms with Crippen LogP contribution in [0, 0.1) is 6.92 Å². The Bertz CT molecular complexity index is 1100. The standard InChI is InChI=1S/C23H22N2O4/c1-3-7-19(26)20-18(14-16-8-5-4-6-9-16)25(17-12-10-15(2)11-13-17)24-21(22(20)27)23(28)29/h4-6,8-13H,3,7,14H2,1-2H3,(H,28,29). The molecule has 6 heteroatoms. The van der Waals surface area contributed by atoms with Gasteiger partial charge in [-0.2, -0.15) is 5.10 Å². The smallest absolute Gasteiger partial charge is 0.360 e. The quantitative estimate of drug-likeness (QED) is 0.620. The molecule has 148 valence electrons. The number of carbonyl (C=O) groups excluding carboxylic acids is 1. The number of aromatic nitrogens is 2. The fraction of sp³-hybridized carbons (Fsp3) is 0.217. The molecule has 1 N–H and O–H groups in total. The highest BCUT2D eigenvalue weighted by molar-refractivity contribution is 5.99. The molecule has 0 amide bonds. The van der Waals surface area contributed by atoms with E-state index in [1.807, 2.05) is 56.3 Å². The van der Waals surface area contributed by atoms with Crippen molar-refractivity contribution in [3.63, 3.8) is 0 Å². The number of carboxylic acid groups (broad SMARTS) is 1. The van der Waals surface area contributed by atoms with E-state index in [1.165, 1.54) is 4.68 Å². The largest absolute Gasteiger partial charge is 0.476 e. The van der Waals surface area contributed by atoms with Gasteiger partial charge < -0.3 is 5.11 Å². The second-order valence-electron chi connectivity index (χ2n) is 6.89. The van der Waals surface area contributed by atoms with Gasteiger partial charge in [-0.05, 0) is 31.0 Å². The third-order valence-corrected chi connectivity index (χ3v) is 4.64. The van der Waals surface area contributed by atoms with Crippen molar-refractivity contribution in [2.24, 2.45) is 0 Å². The Balaban J connectivity index is 2.34. The molecule has 3 aromatic rings. The van der Waals surface area contributed by atoms with Crippen molar-refractivity contribution in [3.8, 4) is 5.69 Å². The van der Waals surface area contributed by atoms with Gasteiger partial charge in [-0.25, -0.2) is 9.48 Å². The summed E-state index contributed by atoms with van der Waals surface area (Å²) in [6.07, 6.45) is 0.994. The van der Waals surface area contributed by atoms with Crippen LogP contribution in [0.25, 0.3) is 5.69 Å². The minimum absolute atomic E-state index is 0.0938. The number of benzene rings is 2. The Morgan fingerprint density at radius 1 is 1.03 bits per heavy atom. The number of rotatable bonds is 7. The SMILES string of the molecule is CCCC(=O)c1c(Cc2ccccc2)n(-c2ccc(C)cc2)nc(C(=O)O)c1=O. The van der Waals surface area contributed by atoms with Crippen LogP contribution in [0.3, 0.4) is 0 Å². The van der Waals surface area contributed by atoms with Gasteiger partial charge in [-0.15, -0.1) is 0 Å². The first-order valence-corrected chi connectivity index (χ1v) is 9.46. The fourth-order valence-electron chi connectivity index (χ4n) is 3.19. The average Bonchev–Trinajstić information content (AvgIpc) is 2.70. The first-order chi connectivity index (χ1) is 13.9. The fourth-order valence-corrected chi connectivity index (χ4v) is 3.19. The summed E-state index contributed by atoms with van der Waals surface area (Å²) in [6.45, 7) is 3.78. The van der Waals surface area contributed by atoms with Crippen LogP contribution in [0.15, 0.2) is 59.4 Å². The van der Waals surface area contributed by atoms with Crippen LogP contribution in [0.2, 0.25) is 0 Å². The van der Waals surface area contributed by atoms with Crippen LogP contribution in [0.4, 0.5) is 0 Å². The number of carbonyl (C=O) groups is 2. The normalized spacial score (nSPS) is 10.7. The molecule has 0 unspecified atom stereocenters. The Kier molecular flexibility index (Phi) is 6.02. The first kappa shape index (κ1) is 20.2. The van der Waals surface area contributed by atoms with Crippen LogP contribution < -0.4 is 5.43 Å². The third-order valence-electron chi connectivity index (χ3n) is 4.64. The topological polar surface area (TPSA) is 89.3 Å². The van der Waals surface area contributed by atoms with Crippen molar-refractivity contribution in [2.75, 3.05) is 0 Å². The van der Waals surface area contributed by atoms with Gasteiger partial charge in [0.25, 0.3) is 0 Å². The van der Waals surface area contributed by atoms with E-state index < -0.39 is 17.1 Å². The number of hydrogen-bond acceptors (Lipinski definition) is 4. The minimum atomic E-state index is -1.45. The molecule has 0 aliphatic carbocycles. The molecular weight excluding hydrogens is 368 g/mol. The number of Topliss-reactive ketones (excluding diaryl/α,β-unsaturated/α-hetero) is 1. The predicted molar refractivity (Wildman–Crippen MR) is 110 cm³/mol. The maximum atomic E-state index is 12.9. The van der Waals surface area contributed by atoms with E-state index in [9.17, 15) is 19.5 Å². The number of aromatic carboxylic acids is 1. The molecule has 0 saturated heterocycles. The Morgan fingerprint density at radius 2 is 1.69 bits per heavy atom. The van der Waals surface area contributed by atoms with Crippen molar-refractivity contribution in [3.05, 3.63) is 92.9 Å². The summed E-state index contributed by atoms with van der Waals surface area (Å²) in [4.78, 5) is 37.4. The molecule has 3 rings (SSSR count). The van der Waals surface area contributed by atoms with Gasteiger partial charge >= 0.3 is 5.97 Å². The molecule has 29 heavy (non-hydrogen) atoms.